The van der Waals surface area contributed by atoms with E-state index >= 15 is 0 Å². The van der Waals surface area contributed by atoms with Crippen LogP contribution in [0, 0.1) is 0 Å². The zero-order valence-corrected chi connectivity index (χ0v) is 11.5. The Labute approximate surface area is 117 Å². The van der Waals surface area contributed by atoms with E-state index in [1.165, 1.54) is 0 Å². The van der Waals surface area contributed by atoms with Gasteiger partial charge in [-0.25, -0.2) is 4.98 Å². The van der Waals surface area contributed by atoms with E-state index in [9.17, 15) is 13.2 Å². The molecule has 1 aromatic heterocycles. The second-order valence-electron chi connectivity index (χ2n) is 3.83. The lowest BCUT2D eigenvalue weighted by Gasteiger charge is -2.04. The molecule has 0 saturated heterocycles. The molecule has 0 unspecified atom stereocenters. The van der Waals surface area contributed by atoms with Gasteiger partial charge in [-0.3, -0.25) is 0 Å². The standard InChI is InChI=1S/C12H10ClF3N2S/c1-17-6-9-10(12(14,15)16)18-11(19-9)7-3-2-4-8(13)5-7/h2-5,17H,6H2,1H3. The largest absolute Gasteiger partial charge is 0.434 e. The van der Waals surface area contributed by atoms with Crippen LogP contribution in [0.25, 0.3) is 10.6 Å². The Morgan fingerprint density at radius 3 is 2.68 bits per heavy atom. The minimum atomic E-state index is -4.44. The minimum Gasteiger partial charge on any atom is -0.315 e. The first-order valence-electron chi connectivity index (χ1n) is 5.39. The Balaban J connectivity index is 2.48. The molecule has 0 aliphatic carbocycles. The number of benzene rings is 1. The number of thiazole rings is 1. The van der Waals surface area contributed by atoms with Crippen molar-refractivity contribution in [3.05, 3.63) is 39.9 Å². The molecule has 0 spiro atoms. The summed E-state index contributed by atoms with van der Waals surface area (Å²) in [4.78, 5) is 3.88. The monoisotopic (exact) mass is 306 g/mol. The third-order valence-electron chi connectivity index (χ3n) is 2.37. The van der Waals surface area contributed by atoms with Crippen LogP contribution in [0.1, 0.15) is 10.6 Å². The van der Waals surface area contributed by atoms with Crippen LogP contribution in [-0.4, -0.2) is 12.0 Å². The zero-order chi connectivity index (χ0) is 14.0. The van der Waals surface area contributed by atoms with Gasteiger partial charge in [0, 0.05) is 17.1 Å². The Kier molecular flexibility index (Phi) is 4.13. The van der Waals surface area contributed by atoms with Crippen molar-refractivity contribution in [3.63, 3.8) is 0 Å². The lowest BCUT2D eigenvalue weighted by Crippen LogP contribution is -2.12. The Hall–Kier alpha value is -1.11. The molecule has 0 fully saturated rings. The number of nitrogens with one attached hydrogen (secondary N) is 1. The highest BCUT2D eigenvalue weighted by Gasteiger charge is 2.37. The zero-order valence-electron chi connectivity index (χ0n) is 9.88. The van der Waals surface area contributed by atoms with Crippen molar-refractivity contribution in [3.8, 4) is 10.6 Å². The molecule has 7 heteroatoms. The van der Waals surface area contributed by atoms with Gasteiger partial charge in [0.25, 0.3) is 0 Å². The summed E-state index contributed by atoms with van der Waals surface area (Å²) in [6.45, 7) is 0.132. The third kappa shape index (κ3) is 3.26. The summed E-state index contributed by atoms with van der Waals surface area (Å²) in [5.41, 5.74) is -0.243. The van der Waals surface area contributed by atoms with Crippen molar-refractivity contribution in [2.24, 2.45) is 0 Å². The molecule has 0 atom stereocenters. The highest BCUT2D eigenvalue weighted by Crippen LogP contribution is 2.38. The van der Waals surface area contributed by atoms with Crippen molar-refractivity contribution in [2.75, 3.05) is 7.05 Å². The summed E-state index contributed by atoms with van der Waals surface area (Å²) in [7, 11) is 1.60. The van der Waals surface area contributed by atoms with Crippen molar-refractivity contribution in [1.82, 2.24) is 10.3 Å². The van der Waals surface area contributed by atoms with Crippen molar-refractivity contribution < 1.29 is 13.2 Å². The molecule has 0 amide bonds. The van der Waals surface area contributed by atoms with Gasteiger partial charge in [-0.2, -0.15) is 13.2 Å². The molecular formula is C12H10ClF3N2S. The molecule has 19 heavy (non-hydrogen) atoms. The van der Waals surface area contributed by atoms with E-state index in [4.69, 9.17) is 11.6 Å². The molecule has 102 valence electrons. The van der Waals surface area contributed by atoms with Crippen LogP contribution in [0.15, 0.2) is 24.3 Å². The maximum Gasteiger partial charge on any atom is 0.434 e. The Bertz CT molecular complexity index is 581. The molecule has 2 aromatic rings. The summed E-state index contributed by atoms with van der Waals surface area (Å²) >= 11 is 6.86. The topological polar surface area (TPSA) is 24.9 Å². The summed E-state index contributed by atoms with van der Waals surface area (Å²) in [6.07, 6.45) is -4.44. The summed E-state index contributed by atoms with van der Waals surface area (Å²) in [5, 5.41) is 3.51. The maximum atomic E-state index is 12.9. The molecule has 1 N–H and O–H groups in total. The van der Waals surface area contributed by atoms with Crippen LogP contribution in [-0.2, 0) is 12.7 Å². The minimum absolute atomic E-state index is 0.132. The second-order valence-corrected chi connectivity index (χ2v) is 5.35. The summed E-state index contributed by atoms with van der Waals surface area (Å²) < 4.78 is 38.6. The average Bonchev–Trinajstić information content (AvgIpc) is 2.73. The molecule has 2 nitrogen and oxygen atoms in total. The summed E-state index contributed by atoms with van der Waals surface area (Å²) in [5.74, 6) is 0. The molecule has 0 aliphatic rings. The van der Waals surface area contributed by atoms with Gasteiger partial charge >= 0.3 is 6.18 Å². The number of aromatic nitrogens is 1. The van der Waals surface area contributed by atoms with Crippen LogP contribution in [0.5, 0.6) is 0 Å². The highest BCUT2D eigenvalue weighted by atomic mass is 35.5. The van der Waals surface area contributed by atoms with Gasteiger partial charge < -0.3 is 5.32 Å². The lowest BCUT2D eigenvalue weighted by molar-refractivity contribution is -0.141. The number of rotatable bonds is 3. The van der Waals surface area contributed by atoms with Crippen LogP contribution < -0.4 is 5.32 Å². The normalized spacial score (nSPS) is 11.8. The number of nitrogens with zero attached hydrogens (tertiary/aromatic N) is 1. The molecule has 2 rings (SSSR count). The SMILES string of the molecule is CNCc1sc(-c2cccc(Cl)c2)nc1C(F)(F)F. The fourth-order valence-electron chi connectivity index (χ4n) is 1.60. The van der Waals surface area contributed by atoms with Crippen molar-refractivity contribution in [1.29, 1.82) is 0 Å². The fraction of sp³-hybridized carbons (Fsp3) is 0.250. The van der Waals surface area contributed by atoms with Crippen molar-refractivity contribution in [2.45, 2.75) is 12.7 Å². The first-order chi connectivity index (χ1) is 8.91. The molecule has 1 aromatic carbocycles. The van der Waals surface area contributed by atoms with Crippen LogP contribution in [0.2, 0.25) is 5.02 Å². The van der Waals surface area contributed by atoms with Gasteiger partial charge in [0.05, 0.1) is 4.88 Å². The fourth-order valence-corrected chi connectivity index (χ4v) is 2.88. The average molecular weight is 307 g/mol. The lowest BCUT2D eigenvalue weighted by atomic mass is 10.2. The predicted octanol–water partition coefficient (Wildman–Crippen LogP) is 4.20. The van der Waals surface area contributed by atoms with Gasteiger partial charge in [0.2, 0.25) is 0 Å². The van der Waals surface area contributed by atoms with E-state index in [-0.39, 0.29) is 11.4 Å². The highest BCUT2D eigenvalue weighted by molar-refractivity contribution is 7.15. The summed E-state index contributed by atoms with van der Waals surface area (Å²) in [6, 6.07) is 6.64. The van der Waals surface area contributed by atoms with E-state index in [0.717, 1.165) is 11.3 Å². The van der Waals surface area contributed by atoms with Gasteiger partial charge in [-0.15, -0.1) is 11.3 Å². The third-order valence-corrected chi connectivity index (χ3v) is 3.71. The molecule has 0 radical (unpaired) electrons. The van der Waals surface area contributed by atoms with Gasteiger partial charge in [0.1, 0.15) is 5.01 Å². The number of alkyl halides is 3. The maximum absolute atomic E-state index is 12.9. The van der Waals surface area contributed by atoms with E-state index in [0.29, 0.717) is 15.6 Å². The second kappa shape index (κ2) is 5.48. The number of hydrogen-bond donors (Lipinski definition) is 1. The van der Waals surface area contributed by atoms with Crippen LogP contribution in [0.4, 0.5) is 13.2 Å². The van der Waals surface area contributed by atoms with Crippen LogP contribution >= 0.6 is 22.9 Å². The van der Waals surface area contributed by atoms with E-state index in [2.05, 4.69) is 10.3 Å². The Morgan fingerprint density at radius 2 is 2.11 bits per heavy atom. The van der Waals surface area contributed by atoms with Crippen LogP contribution in [0.3, 0.4) is 0 Å². The van der Waals surface area contributed by atoms with Crippen molar-refractivity contribution >= 4 is 22.9 Å². The smallest absolute Gasteiger partial charge is 0.315 e. The van der Waals surface area contributed by atoms with Gasteiger partial charge in [0.15, 0.2) is 5.69 Å². The molecule has 0 saturated carbocycles. The quantitative estimate of drug-likeness (QED) is 0.919. The van der Waals surface area contributed by atoms with Gasteiger partial charge in [-0.05, 0) is 19.2 Å². The molecule has 0 aliphatic heterocycles. The van der Waals surface area contributed by atoms with Gasteiger partial charge in [-0.1, -0.05) is 23.7 Å². The molecule has 1 heterocycles. The number of hydrogen-bond acceptors (Lipinski definition) is 3. The predicted molar refractivity (Wildman–Crippen MR) is 70.3 cm³/mol. The molecular weight excluding hydrogens is 297 g/mol. The van der Waals surface area contributed by atoms with E-state index < -0.39 is 11.9 Å². The Morgan fingerprint density at radius 1 is 1.37 bits per heavy atom. The van der Waals surface area contributed by atoms with E-state index in [1.54, 1.807) is 31.3 Å². The first kappa shape index (κ1) is 14.3. The molecule has 0 bridgehead atoms. The number of halogens is 4. The first-order valence-corrected chi connectivity index (χ1v) is 6.58. The van der Waals surface area contributed by atoms with E-state index in [1.807, 2.05) is 0 Å².